The summed E-state index contributed by atoms with van der Waals surface area (Å²) in [6, 6.07) is 5.77. The van der Waals surface area contributed by atoms with Crippen LogP contribution in [0.15, 0.2) is 29.2 Å². The third kappa shape index (κ3) is 2.53. The molecule has 0 bridgehead atoms. The maximum absolute atomic E-state index is 13.2. The topological polar surface area (TPSA) is 63.5 Å². The molecule has 1 aliphatic rings. The number of hydrogen-bond acceptors (Lipinski definition) is 4. The Hall–Kier alpha value is -1.54. The molecule has 116 valence electrons. The smallest absolute Gasteiger partial charge is 0.335 e. The molecule has 0 N–H and O–H groups in total. The van der Waals surface area contributed by atoms with Crippen molar-refractivity contribution in [3.8, 4) is 0 Å². The first-order valence-electron chi connectivity index (χ1n) is 6.31. The molecular formula is C13H15F2NO4S. The van der Waals surface area contributed by atoms with E-state index in [-0.39, 0.29) is 11.5 Å². The molecular weight excluding hydrogens is 304 g/mol. The molecule has 0 aromatic heterocycles. The summed E-state index contributed by atoms with van der Waals surface area (Å²) < 4.78 is 56.1. The molecule has 0 radical (unpaired) electrons. The molecule has 8 heteroatoms. The number of rotatable bonds is 5. The van der Waals surface area contributed by atoms with Gasteiger partial charge in [0.1, 0.15) is 0 Å². The third-order valence-electron chi connectivity index (χ3n) is 3.33. The lowest BCUT2D eigenvalue weighted by Crippen LogP contribution is -2.40. The Morgan fingerprint density at radius 1 is 1.38 bits per heavy atom. The number of nitrogens with zero attached hydrogens (tertiary/aromatic N) is 1. The van der Waals surface area contributed by atoms with Gasteiger partial charge in [-0.15, -0.1) is 0 Å². The maximum atomic E-state index is 13.2. The van der Waals surface area contributed by atoms with E-state index in [0.29, 0.717) is 4.31 Å². The maximum Gasteiger partial charge on any atom is 0.335 e. The number of aryl methyl sites for hydroxylation is 1. The second kappa shape index (κ2) is 5.34. The fraction of sp³-hybridized carbons (Fsp3) is 0.462. The zero-order valence-electron chi connectivity index (χ0n) is 11.5. The largest absolute Gasteiger partial charge is 0.464 e. The summed E-state index contributed by atoms with van der Waals surface area (Å²) in [6.45, 7) is 2.58. The number of carbonyl (C=O) groups excluding carboxylic acids is 1. The van der Waals surface area contributed by atoms with Crippen LogP contribution in [0.4, 0.5) is 8.78 Å². The van der Waals surface area contributed by atoms with E-state index in [2.05, 4.69) is 4.74 Å². The predicted octanol–water partition coefficient (Wildman–Crippen LogP) is 1.57. The number of sulfonamides is 1. The van der Waals surface area contributed by atoms with Gasteiger partial charge in [-0.25, -0.2) is 22.0 Å². The third-order valence-corrected chi connectivity index (χ3v) is 5.23. The molecule has 1 aliphatic heterocycles. The van der Waals surface area contributed by atoms with Crippen LogP contribution in [-0.4, -0.2) is 43.8 Å². The van der Waals surface area contributed by atoms with E-state index in [1.165, 1.54) is 19.1 Å². The Kier molecular flexibility index (Phi) is 4.03. The molecule has 0 aliphatic carbocycles. The highest BCUT2D eigenvalue weighted by Crippen LogP contribution is 2.44. The Morgan fingerprint density at radius 3 is 2.43 bits per heavy atom. The van der Waals surface area contributed by atoms with Gasteiger partial charge in [0.2, 0.25) is 15.6 Å². The Morgan fingerprint density at radius 2 is 1.95 bits per heavy atom. The Balaban J connectivity index is 2.34. The monoisotopic (exact) mass is 319 g/mol. The van der Waals surface area contributed by atoms with Gasteiger partial charge in [0.15, 0.2) is 0 Å². The zero-order valence-corrected chi connectivity index (χ0v) is 12.4. The highest BCUT2D eigenvalue weighted by atomic mass is 32.2. The van der Waals surface area contributed by atoms with Crippen LogP contribution in [0, 0.1) is 6.92 Å². The quantitative estimate of drug-likeness (QED) is 0.610. The minimum atomic E-state index is -4.15. The molecule has 0 saturated carbocycles. The number of hydrogen-bond donors (Lipinski definition) is 0. The summed E-state index contributed by atoms with van der Waals surface area (Å²) >= 11 is 0. The minimum absolute atomic E-state index is 0.0915. The van der Waals surface area contributed by atoms with E-state index in [9.17, 15) is 22.0 Å². The van der Waals surface area contributed by atoms with Crippen molar-refractivity contribution in [2.45, 2.75) is 30.7 Å². The van der Waals surface area contributed by atoms with Gasteiger partial charge in [0.05, 0.1) is 18.0 Å². The lowest BCUT2D eigenvalue weighted by atomic mass is 10.2. The summed E-state index contributed by atoms with van der Waals surface area (Å²) in [5.41, 5.74) is -1.55. The van der Waals surface area contributed by atoms with Gasteiger partial charge in [-0.3, -0.25) is 0 Å². The second-order valence-corrected chi connectivity index (χ2v) is 6.63. The van der Waals surface area contributed by atoms with Crippen LogP contribution < -0.4 is 0 Å². The normalized spacial score (nSPS) is 24.9. The molecule has 5 nitrogen and oxygen atoms in total. The first kappa shape index (κ1) is 15.8. The Bertz CT molecular complexity index is 645. The van der Waals surface area contributed by atoms with Gasteiger partial charge in [0.25, 0.3) is 6.43 Å². The standard InChI is InChI=1S/C13H15F2NO4S/c1-3-20-12(17)13(11(14)15)8-16(13)21(18,19)10-6-4-9(2)5-7-10/h4-7,11H,3,8H2,1-2H3. The van der Waals surface area contributed by atoms with Crippen LogP contribution >= 0.6 is 0 Å². The van der Waals surface area contributed by atoms with Gasteiger partial charge < -0.3 is 4.74 Å². The van der Waals surface area contributed by atoms with Crippen LogP contribution in [0.5, 0.6) is 0 Å². The van der Waals surface area contributed by atoms with Crippen molar-refractivity contribution in [1.29, 1.82) is 0 Å². The fourth-order valence-electron chi connectivity index (χ4n) is 2.01. The molecule has 1 aromatic carbocycles. The molecule has 1 heterocycles. The number of carbonyl (C=O) groups is 1. The average molecular weight is 319 g/mol. The van der Waals surface area contributed by atoms with Gasteiger partial charge >= 0.3 is 5.97 Å². The molecule has 0 spiro atoms. The van der Waals surface area contributed by atoms with Crippen molar-refractivity contribution >= 4 is 16.0 Å². The first-order chi connectivity index (χ1) is 9.76. The lowest BCUT2D eigenvalue weighted by Gasteiger charge is -2.15. The summed E-state index contributed by atoms with van der Waals surface area (Å²) in [6.07, 6.45) is -3.14. The van der Waals surface area contributed by atoms with Crippen LogP contribution in [0.25, 0.3) is 0 Å². The zero-order chi connectivity index (χ0) is 15.8. The van der Waals surface area contributed by atoms with Gasteiger partial charge in [-0.05, 0) is 26.0 Å². The van der Waals surface area contributed by atoms with Crippen molar-refractivity contribution < 1.29 is 26.7 Å². The van der Waals surface area contributed by atoms with Crippen molar-refractivity contribution in [2.75, 3.05) is 13.2 Å². The van der Waals surface area contributed by atoms with Gasteiger partial charge in [-0.2, -0.15) is 4.31 Å². The molecule has 2 rings (SSSR count). The number of halogens is 2. The summed E-state index contributed by atoms with van der Waals surface area (Å²) in [5, 5.41) is 0. The summed E-state index contributed by atoms with van der Waals surface area (Å²) in [7, 11) is -4.15. The molecule has 1 aromatic rings. The highest BCUT2D eigenvalue weighted by Gasteiger charge is 2.71. The highest BCUT2D eigenvalue weighted by molar-refractivity contribution is 7.89. The minimum Gasteiger partial charge on any atom is -0.464 e. The molecule has 2 atom stereocenters. The first-order valence-corrected chi connectivity index (χ1v) is 7.75. The van der Waals surface area contributed by atoms with E-state index in [4.69, 9.17) is 0 Å². The van der Waals surface area contributed by atoms with E-state index >= 15 is 0 Å². The van der Waals surface area contributed by atoms with E-state index in [0.717, 1.165) is 5.56 Å². The summed E-state index contributed by atoms with van der Waals surface area (Å²) in [5.74, 6) is -1.21. The van der Waals surface area contributed by atoms with E-state index in [1.54, 1.807) is 19.1 Å². The SMILES string of the molecule is CCOC(=O)C1(C(F)F)CN1S(=O)(=O)c1ccc(C)cc1. The average Bonchev–Trinajstić information content (AvgIpc) is 3.17. The van der Waals surface area contributed by atoms with Gasteiger partial charge in [-0.1, -0.05) is 17.7 Å². The second-order valence-electron chi connectivity index (χ2n) is 4.77. The summed E-state index contributed by atoms with van der Waals surface area (Å²) in [4.78, 5) is 11.6. The van der Waals surface area contributed by atoms with Crippen LogP contribution in [-0.2, 0) is 19.6 Å². The Labute approximate surface area is 121 Å². The fourth-order valence-corrected chi connectivity index (χ4v) is 3.69. The molecule has 21 heavy (non-hydrogen) atoms. The van der Waals surface area contributed by atoms with Gasteiger partial charge in [0, 0.05) is 0 Å². The van der Waals surface area contributed by atoms with Crippen molar-refractivity contribution in [3.63, 3.8) is 0 Å². The number of benzene rings is 1. The lowest BCUT2D eigenvalue weighted by molar-refractivity contribution is -0.151. The molecule has 2 unspecified atom stereocenters. The van der Waals surface area contributed by atoms with E-state index in [1.807, 2.05) is 0 Å². The predicted molar refractivity (Wildman–Crippen MR) is 70.4 cm³/mol. The number of esters is 1. The number of alkyl halides is 2. The van der Waals surface area contributed by atoms with Crippen LogP contribution in [0.1, 0.15) is 12.5 Å². The van der Waals surface area contributed by atoms with E-state index < -0.39 is 34.5 Å². The molecule has 0 amide bonds. The molecule has 1 saturated heterocycles. The van der Waals surface area contributed by atoms with Crippen LogP contribution in [0.2, 0.25) is 0 Å². The van der Waals surface area contributed by atoms with Crippen molar-refractivity contribution in [2.24, 2.45) is 0 Å². The molecule has 1 fully saturated rings. The van der Waals surface area contributed by atoms with Crippen LogP contribution in [0.3, 0.4) is 0 Å². The van der Waals surface area contributed by atoms with Crippen molar-refractivity contribution in [1.82, 2.24) is 4.31 Å². The number of ether oxygens (including phenoxy) is 1. The van der Waals surface area contributed by atoms with Crippen molar-refractivity contribution in [3.05, 3.63) is 29.8 Å².